The number of methoxy groups -OCH3 is 1. The molecule has 0 fully saturated rings. The highest BCUT2D eigenvalue weighted by Gasteiger charge is 2.14. The second kappa shape index (κ2) is 9.06. The Morgan fingerprint density at radius 2 is 1.65 bits per heavy atom. The van der Waals surface area contributed by atoms with Crippen molar-refractivity contribution in [1.82, 2.24) is 9.88 Å². The quantitative estimate of drug-likeness (QED) is 0.433. The number of nitrogens with zero attached hydrogens (tertiary/aromatic N) is 1. The SMILES string of the molecule is COC(=O)c1ccc(CNC(=O)c2cccc3ccn(Cc4ccc(Cl)cc4)c23)cc1. The topological polar surface area (TPSA) is 60.3 Å². The van der Waals surface area contributed by atoms with E-state index in [0.29, 0.717) is 29.2 Å². The van der Waals surface area contributed by atoms with Crippen molar-refractivity contribution in [3.63, 3.8) is 0 Å². The fourth-order valence-electron chi connectivity index (χ4n) is 3.52. The second-order valence-corrected chi connectivity index (χ2v) is 7.62. The molecule has 1 aromatic heterocycles. The Hall–Kier alpha value is -3.57. The van der Waals surface area contributed by atoms with Crippen LogP contribution in [0.3, 0.4) is 0 Å². The van der Waals surface area contributed by atoms with Crippen molar-refractivity contribution in [3.8, 4) is 0 Å². The molecule has 0 atom stereocenters. The molecule has 4 aromatic rings. The molecular formula is C25H21ClN2O3. The van der Waals surface area contributed by atoms with E-state index >= 15 is 0 Å². The summed E-state index contributed by atoms with van der Waals surface area (Å²) in [7, 11) is 1.35. The highest BCUT2D eigenvalue weighted by Crippen LogP contribution is 2.22. The Labute approximate surface area is 185 Å². The molecule has 4 rings (SSSR count). The molecule has 3 aromatic carbocycles. The number of benzene rings is 3. The zero-order valence-corrected chi connectivity index (χ0v) is 17.7. The minimum atomic E-state index is -0.385. The Balaban J connectivity index is 1.53. The van der Waals surface area contributed by atoms with Crippen molar-refractivity contribution >= 4 is 34.4 Å². The number of carbonyl (C=O) groups excluding carboxylic acids is 2. The first-order valence-corrected chi connectivity index (χ1v) is 10.2. The number of halogens is 1. The average molecular weight is 433 g/mol. The van der Waals surface area contributed by atoms with Crippen molar-refractivity contribution in [1.29, 1.82) is 0 Å². The van der Waals surface area contributed by atoms with Gasteiger partial charge in [0.1, 0.15) is 0 Å². The summed E-state index contributed by atoms with van der Waals surface area (Å²) in [6.07, 6.45) is 1.99. The van der Waals surface area contributed by atoms with Crippen LogP contribution in [-0.4, -0.2) is 23.6 Å². The van der Waals surface area contributed by atoms with Gasteiger partial charge < -0.3 is 14.6 Å². The first-order chi connectivity index (χ1) is 15.0. The van der Waals surface area contributed by atoms with E-state index in [0.717, 1.165) is 22.0 Å². The third kappa shape index (κ3) is 4.62. The third-order valence-corrected chi connectivity index (χ3v) is 5.38. The van der Waals surface area contributed by atoms with Gasteiger partial charge in [-0.15, -0.1) is 0 Å². The standard InChI is InChI=1S/C25H21ClN2O3/c1-31-25(30)20-9-5-17(6-10-20)15-27-24(29)22-4-2-3-19-13-14-28(23(19)22)16-18-7-11-21(26)12-8-18/h2-14H,15-16H2,1H3,(H,27,29). The Morgan fingerprint density at radius 1 is 0.935 bits per heavy atom. The van der Waals surface area contributed by atoms with Crippen molar-refractivity contribution in [2.45, 2.75) is 13.1 Å². The zero-order valence-electron chi connectivity index (χ0n) is 17.0. The lowest BCUT2D eigenvalue weighted by molar-refractivity contribution is 0.0600. The second-order valence-electron chi connectivity index (χ2n) is 7.18. The number of ether oxygens (including phenoxy) is 1. The minimum Gasteiger partial charge on any atom is -0.465 e. The lowest BCUT2D eigenvalue weighted by Crippen LogP contribution is -2.23. The van der Waals surface area contributed by atoms with Gasteiger partial charge in [-0.25, -0.2) is 4.79 Å². The monoisotopic (exact) mass is 432 g/mol. The van der Waals surface area contributed by atoms with Crippen molar-refractivity contribution in [3.05, 3.63) is 106 Å². The van der Waals surface area contributed by atoms with Gasteiger partial charge >= 0.3 is 5.97 Å². The lowest BCUT2D eigenvalue weighted by atomic mass is 10.1. The summed E-state index contributed by atoms with van der Waals surface area (Å²) >= 11 is 5.99. The molecule has 1 amide bonds. The molecule has 0 aliphatic rings. The largest absolute Gasteiger partial charge is 0.465 e. The van der Waals surface area contributed by atoms with Crippen molar-refractivity contribution in [2.75, 3.05) is 7.11 Å². The lowest BCUT2D eigenvalue weighted by Gasteiger charge is -2.11. The van der Waals surface area contributed by atoms with E-state index in [9.17, 15) is 9.59 Å². The molecule has 1 heterocycles. The summed E-state index contributed by atoms with van der Waals surface area (Å²) in [4.78, 5) is 24.5. The van der Waals surface area contributed by atoms with Gasteiger partial charge in [0.05, 0.1) is 23.8 Å². The number of para-hydroxylation sites is 1. The van der Waals surface area contributed by atoms with Gasteiger partial charge in [0.2, 0.25) is 0 Å². The molecule has 0 spiro atoms. The van der Waals surface area contributed by atoms with Crippen LogP contribution in [0.15, 0.2) is 79.0 Å². The van der Waals surface area contributed by atoms with Gasteiger partial charge in [-0.1, -0.05) is 48.0 Å². The fraction of sp³-hybridized carbons (Fsp3) is 0.120. The molecule has 0 saturated heterocycles. The Bertz CT molecular complexity index is 1230. The fourth-order valence-corrected chi connectivity index (χ4v) is 3.64. The van der Waals surface area contributed by atoms with Gasteiger partial charge in [-0.2, -0.15) is 0 Å². The number of esters is 1. The predicted molar refractivity (Wildman–Crippen MR) is 121 cm³/mol. The maximum atomic E-state index is 13.0. The normalized spacial score (nSPS) is 10.8. The van der Waals surface area contributed by atoms with Crippen LogP contribution in [0.5, 0.6) is 0 Å². The third-order valence-electron chi connectivity index (χ3n) is 5.13. The van der Waals surface area contributed by atoms with Crippen LogP contribution in [0.2, 0.25) is 5.02 Å². The highest BCUT2D eigenvalue weighted by molar-refractivity contribution is 6.30. The Kier molecular flexibility index (Phi) is 6.05. The summed E-state index contributed by atoms with van der Waals surface area (Å²) in [5.74, 6) is -0.539. The number of fused-ring (bicyclic) bond motifs is 1. The van der Waals surface area contributed by atoms with Crippen LogP contribution in [0.4, 0.5) is 0 Å². The molecule has 1 N–H and O–H groups in total. The smallest absolute Gasteiger partial charge is 0.337 e. The maximum Gasteiger partial charge on any atom is 0.337 e. The van der Waals surface area contributed by atoms with E-state index in [1.54, 1.807) is 24.3 Å². The van der Waals surface area contributed by atoms with Crippen LogP contribution < -0.4 is 5.32 Å². The number of amides is 1. The van der Waals surface area contributed by atoms with Gasteiger partial charge in [-0.3, -0.25) is 4.79 Å². The van der Waals surface area contributed by atoms with Gasteiger partial charge in [0, 0.05) is 29.7 Å². The van der Waals surface area contributed by atoms with Gasteiger partial charge in [0.25, 0.3) is 5.91 Å². The van der Waals surface area contributed by atoms with Crippen molar-refractivity contribution < 1.29 is 14.3 Å². The van der Waals surface area contributed by atoms with E-state index in [4.69, 9.17) is 16.3 Å². The molecular weight excluding hydrogens is 412 g/mol. The number of nitrogens with one attached hydrogen (secondary N) is 1. The summed E-state index contributed by atoms with van der Waals surface area (Å²) in [5, 5.41) is 4.67. The van der Waals surface area contributed by atoms with E-state index in [1.807, 2.05) is 54.7 Å². The maximum absolute atomic E-state index is 13.0. The van der Waals surface area contributed by atoms with E-state index < -0.39 is 0 Å². The number of hydrogen-bond donors (Lipinski definition) is 1. The molecule has 31 heavy (non-hydrogen) atoms. The number of carbonyl (C=O) groups is 2. The van der Waals surface area contributed by atoms with Crippen LogP contribution in [-0.2, 0) is 17.8 Å². The molecule has 6 heteroatoms. The molecule has 0 aliphatic heterocycles. The Morgan fingerprint density at radius 3 is 2.35 bits per heavy atom. The highest BCUT2D eigenvalue weighted by atomic mass is 35.5. The first-order valence-electron chi connectivity index (χ1n) is 9.83. The van der Waals surface area contributed by atoms with Gasteiger partial charge in [-0.05, 0) is 47.5 Å². The predicted octanol–water partition coefficient (Wildman–Crippen LogP) is 5.06. The number of hydrogen-bond acceptors (Lipinski definition) is 3. The van der Waals surface area contributed by atoms with E-state index in [2.05, 4.69) is 9.88 Å². The van der Waals surface area contributed by atoms with Crippen molar-refractivity contribution in [2.24, 2.45) is 0 Å². The summed E-state index contributed by atoms with van der Waals surface area (Å²) in [5.41, 5.74) is 3.97. The van der Waals surface area contributed by atoms with Crippen LogP contribution in [0, 0.1) is 0 Å². The summed E-state index contributed by atoms with van der Waals surface area (Å²) in [6.45, 7) is 0.995. The molecule has 0 bridgehead atoms. The number of rotatable bonds is 6. The van der Waals surface area contributed by atoms with E-state index in [1.165, 1.54) is 7.11 Å². The molecule has 5 nitrogen and oxygen atoms in total. The average Bonchev–Trinajstić information content (AvgIpc) is 3.21. The molecule has 0 saturated carbocycles. The van der Waals surface area contributed by atoms with Gasteiger partial charge in [0.15, 0.2) is 0 Å². The molecule has 156 valence electrons. The van der Waals surface area contributed by atoms with Crippen LogP contribution in [0.1, 0.15) is 31.8 Å². The zero-order chi connectivity index (χ0) is 21.8. The molecule has 0 radical (unpaired) electrons. The molecule has 0 unspecified atom stereocenters. The minimum absolute atomic E-state index is 0.154. The van der Waals surface area contributed by atoms with E-state index in [-0.39, 0.29) is 11.9 Å². The van der Waals surface area contributed by atoms with Crippen LogP contribution in [0.25, 0.3) is 10.9 Å². The molecule has 0 aliphatic carbocycles. The number of aromatic nitrogens is 1. The summed E-state index contributed by atoms with van der Waals surface area (Å²) < 4.78 is 6.78. The summed E-state index contributed by atoms with van der Waals surface area (Å²) in [6, 6.07) is 22.4. The first kappa shape index (κ1) is 20.7. The van der Waals surface area contributed by atoms with Crippen LogP contribution >= 0.6 is 11.6 Å².